The van der Waals surface area contributed by atoms with E-state index in [0.29, 0.717) is 32.8 Å². The van der Waals surface area contributed by atoms with Crippen molar-refractivity contribution in [3.63, 3.8) is 0 Å². The topological polar surface area (TPSA) is 99.4 Å². The summed E-state index contributed by atoms with van der Waals surface area (Å²) in [5.74, 6) is 0.113. The second-order valence-electron chi connectivity index (χ2n) is 3.50. The minimum atomic E-state index is -0.611. The lowest BCUT2D eigenvalue weighted by Crippen LogP contribution is -2.10. The van der Waals surface area contributed by atoms with Crippen LogP contribution in [0.15, 0.2) is 6.33 Å². The van der Waals surface area contributed by atoms with Crippen molar-refractivity contribution in [2.75, 3.05) is 38.8 Å². The molecule has 1 rings (SSSR count). The van der Waals surface area contributed by atoms with Crippen LogP contribution in [-0.2, 0) is 9.47 Å². The molecular weight excluding hydrogens is 276 g/mol. The zero-order valence-corrected chi connectivity index (χ0v) is 11.2. The van der Waals surface area contributed by atoms with E-state index in [1.54, 1.807) is 7.11 Å². The maximum atomic E-state index is 10.8. The molecule has 0 fully saturated rings. The van der Waals surface area contributed by atoms with Gasteiger partial charge in [0.15, 0.2) is 0 Å². The van der Waals surface area contributed by atoms with Gasteiger partial charge in [0.25, 0.3) is 0 Å². The molecule has 0 saturated carbocycles. The van der Waals surface area contributed by atoms with Crippen molar-refractivity contribution in [2.45, 2.75) is 6.42 Å². The van der Waals surface area contributed by atoms with E-state index in [2.05, 4.69) is 15.3 Å². The van der Waals surface area contributed by atoms with Crippen LogP contribution in [0, 0.1) is 10.1 Å². The highest BCUT2D eigenvalue weighted by Gasteiger charge is 2.20. The Labute approximate surface area is 115 Å². The molecule has 0 aromatic carbocycles. The highest BCUT2D eigenvalue weighted by molar-refractivity contribution is 6.31. The van der Waals surface area contributed by atoms with Crippen molar-refractivity contribution in [3.05, 3.63) is 21.6 Å². The SMILES string of the molecule is COCCOCCCNc1ncnc(Cl)c1[N+](=O)[O-]. The first kappa shape index (κ1) is 15.5. The van der Waals surface area contributed by atoms with E-state index in [1.165, 1.54) is 6.33 Å². The predicted molar refractivity (Wildman–Crippen MR) is 69.5 cm³/mol. The van der Waals surface area contributed by atoms with Crippen LogP contribution in [0.2, 0.25) is 5.15 Å². The number of nitrogens with zero attached hydrogens (tertiary/aromatic N) is 3. The van der Waals surface area contributed by atoms with Crippen LogP contribution in [0.4, 0.5) is 11.5 Å². The van der Waals surface area contributed by atoms with E-state index in [1.807, 2.05) is 0 Å². The van der Waals surface area contributed by atoms with Gasteiger partial charge in [0.2, 0.25) is 11.0 Å². The minimum absolute atomic E-state index is 0.113. The number of nitro groups is 1. The summed E-state index contributed by atoms with van der Waals surface area (Å²) >= 11 is 5.65. The van der Waals surface area contributed by atoms with E-state index in [0.717, 1.165) is 0 Å². The molecule has 0 spiro atoms. The Morgan fingerprint density at radius 3 is 2.89 bits per heavy atom. The largest absolute Gasteiger partial charge is 0.382 e. The van der Waals surface area contributed by atoms with Crippen LogP contribution in [0.25, 0.3) is 0 Å². The highest BCUT2D eigenvalue weighted by atomic mass is 35.5. The number of rotatable bonds is 9. The molecule has 8 nitrogen and oxygen atoms in total. The number of nitrogens with one attached hydrogen (secondary N) is 1. The smallest absolute Gasteiger partial charge is 0.348 e. The maximum Gasteiger partial charge on any atom is 0.348 e. The second-order valence-corrected chi connectivity index (χ2v) is 3.86. The third-order valence-corrected chi connectivity index (χ3v) is 2.43. The summed E-state index contributed by atoms with van der Waals surface area (Å²) in [7, 11) is 1.60. The summed E-state index contributed by atoms with van der Waals surface area (Å²) in [4.78, 5) is 17.6. The van der Waals surface area contributed by atoms with Crippen molar-refractivity contribution >= 4 is 23.1 Å². The number of anilines is 1. The summed E-state index contributed by atoms with van der Waals surface area (Å²) in [5, 5.41) is 13.5. The Bertz CT molecular complexity index is 419. The first-order valence-corrected chi connectivity index (χ1v) is 6.00. The first-order chi connectivity index (χ1) is 9.16. The maximum absolute atomic E-state index is 10.8. The highest BCUT2D eigenvalue weighted by Crippen LogP contribution is 2.27. The molecule has 1 N–H and O–H groups in total. The molecule has 0 atom stereocenters. The molecule has 0 saturated heterocycles. The lowest BCUT2D eigenvalue weighted by molar-refractivity contribution is -0.384. The third-order valence-electron chi connectivity index (χ3n) is 2.15. The van der Waals surface area contributed by atoms with E-state index >= 15 is 0 Å². The molecule has 0 unspecified atom stereocenters. The molecule has 9 heteroatoms. The van der Waals surface area contributed by atoms with Gasteiger partial charge in [-0.15, -0.1) is 0 Å². The molecule has 0 bridgehead atoms. The lowest BCUT2D eigenvalue weighted by atomic mass is 10.4. The number of aromatic nitrogens is 2. The zero-order chi connectivity index (χ0) is 14.1. The summed E-state index contributed by atoms with van der Waals surface area (Å²) in [5.41, 5.74) is -0.315. The summed E-state index contributed by atoms with van der Waals surface area (Å²) in [6.07, 6.45) is 1.86. The Morgan fingerprint density at radius 1 is 1.42 bits per heavy atom. The van der Waals surface area contributed by atoms with Crippen LogP contribution >= 0.6 is 11.6 Å². The van der Waals surface area contributed by atoms with Gasteiger partial charge in [-0.25, -0.2) is 9.97 Å². The molecular formula is C10H15ClN4O4. The molecule has 0 radical (unpaired) electrons. The van der Waals surface area contributed by atoms with Gasteiger partial charge < -0.3 is 14.8 Å². The fourth-order valence-electron chi connectivity index (χ4n) is 1.27. The molecule has 19 heavy (non-hydrogen) atoms. The van der Waals surface area contributed by atoms with E-state index < -0.39 is 4.92 Å². The molecule has 0 aliphatic heterocycles. The van der Waals surface area contributed by atoms with Gasteiger partial charge in [-0.05, 0) is 6.42 Å². The van der Waals surface area contributed by atoms with Gasteiger partial charge in [0, 0.05) is 20.3 Å². The van der Waals surface area contributed by atoms with Crippen molar-refractivity contribution in [2.24, 2.45) is 0 Å². The fourth-order valence-corrected chi connectivity index (χ4v) is 1.48. The van der Waals surface area contributed by atoms with Gasteiger partial charge in [-0.3, -0.25) is 10.1 Å². The van der Waals surface area contributed by atoms with Crippen molar-refractivity contribution in [1.82, 2.24) is 9.97 Å². The van der Waals surface area contributed by atoms with Crippen molar-refractivity contribution in [3.8, 4) is 0 Å². The Balaban J connectivity index is 2.37. The average Bonchev–Trinajstić information content (AvgIpc) is 2.37. The van der Waals surface area contributed by atoms with Gasteiger partial charge in [-0.2, -0.15) is 0 Å². The lowest BCUT2D eigenvalue weighted by Gasteiger charge is -2.06. The molecule has 1 aromatic heterocycles. The van der Waals surface area contributed by atoms with E-state index in [4.69, 9.17) is 21.1 Å². The van der Waals surface area contributed by atoms with Crippen LogP contribution in [0.5, 0.6) is 0 Å². The van der Waals surface area contributed by atoms with E-state index in [9.17, 15) is 10.1 Å². The zero-order valence-electron chi connectivity index (χ0n) is 10.5. The normalized spacial score (nSPS) is 10.4. The van der Waals surface area contributed by atoms with Gasteiger partial charge in [-0.1, -0.05) is 11.6 Å². The van der Waals surface area contributed by atoms with Gasteiger partial charge in [0.05, 0.1) is 18.1 Å². The van der Waals surface area contributed by atoms with Crippen LogP contribution in [0.3, 0.4) is 0 Å². The van der Waals surface area contributed by atoms with Gasteiger partial charge in [0.1, 0.15) is 6.33 Å². The molecule has 0 aliphatic carbocycles. The number of methoxy groups -OCH3 is 1. The fraction of sp³-hybridized carbons (Fsp3) is 0.600. The standard InChI is InChI=1S/C10H15ClN4O4/c1-18-5-6-19-4-2-3-12-10-8(15(16)17)9(11)13-7-14-10/h7H,2-6H2,1H3,(H,12,13,14). The van der Waals surface area contributed by atoms with E-state index in [-0.39, 0.29) is 16.7 Å². The molecule has 106 valence electrons. The first-order valence-electron chi connectivity index (χ1n) is 5.62. The molecule has 0 amide bonds. The Morgan fingerprint density at radius 2 is 2.21 bits per heavy atom. The summed E-state index contributed by atoms with van der Waals surface area (Å²) in [6.45, 7) is 2.08. The quantitative estimate of drug-likeness (QED) is 0.318. The molecule has 1 aromatic rings. The Hall–Kier alpha value is -1.51. The predicted octanol–water partition coefficient (Wildman–Crippen LogP) is 1.50. The number of hydrogen-bond donors (Lipinski definition) is 1. The van der Waals surface area contributed by atoms with Gasteiger partial charge >= 0.3 is 5.69 Å². The van der Waals surface area contributed by atoms with Crippen LogP contribution < -0.4 is 5.32 Å². The van der Waals surface area contributed by atoms with Crippen molar-refractivity contribution < 1.29 is 14.4 Å². The molecule has 0 aliphatic rings. The number of halogens is 1. The average molecular weight is 291 g/mol. The van der Waals surface area contributed by atoms with Crippen LogP contribution in [0.1, 0.15) is 6.42 Å². The Kier molecular flexibility index (Phi) is 7.01. The third kappa shape index (κ3) is 5.33. The van der Waals surface area contributed by atoms with Crippen LogP contribution in [-0.4, -0.2) is 48.4 Å². The molecule has 1 heterocycles. The summed E-state index contributed by atoms with van der Waals surface area (Å²) < 4.78 is 10.1. The number of ether oxygens (including phenoxy) is 2. The number of hydrogen-bond acceptors (Lipinski definition) is 7. The van der Waals surface area contributed by atoms with Crippen molar-refractivity contribution in [1.29, 1.82) is 0 Å². The second kappa shape index (κ2) is 8.57. The minimum Gasteiger partial charge on any atom is -0.382 e. The monoisotopic (exact) mass is 290 g/mol. The summed E-state index contributed by atoms with van der Waals surface area (Å²) in [6, 6.07) is 0.